The van der Waals surface area contributed by atoms with Gasteiger partial charge in [-0.3, -0.25) is 0 Å². The van der Waals surface area contributed by atoms with Crippen LogP contribution < -0.4 is 0 Å². The molecule has 0 heterocycles. The average Bonchev–Trinajstić information content (AvgIpc) is 1.38. The number of aliphatic carboxylic acids is 1. The SMILES string of the molecule is O=C(O)CO.[NaH].[NaH].[NaH]. The molecule has 0 aliphatic heterocycles. The van der Waals surface area contributed by atoms with Gasteiger partial charge in [0.25, 0.3) is 0 Å². The molecule has 0 spiro atoms. The van der Waals surface area contributed by atoms with Crippen molar-refractivity contribution in [3.8, 4) is 0 Å². The van der Waals surface area contributed by atoms with Gasteiger partial charge in [-0.05, 0) is 0 Å². The molecule has 0 bridgehead atoms. The van der Waals surface area contributed by atoms with Gasteiger partial charge in [-0.15, -0.1) is 0 Å². The van der Waals surface area contributed by atoms with Gasteiger partial charge in [0.05, 0.1) is 0 Å². The van der Waals surface area contributed by atoms with Crippen molar-refractivity contribution in [1.82, 2.24) is 0 Å². The topological polar surface area (TPSA) is 57.5 Å². The normalized spacial score (nSPS) is 4.62. The molecule has 0 fully saturated rings. The molecule has 0 unspecified atom stereocenters. The molecule has 0 aromatic heterocycles. The molecular formula is C2H7Na3O3. The van der Waals surface area contributed by atoms with Crippen molar-refractivity contribution in [3.63, 3.8) is 0 Å². The number of hydrogen-bond acceptors (Lipinski definition) is 2. The number of carboxylic acid groups (broad SMARTS) is 1. The minimum atomic E-state index is -1.19. The average molecular weight is 148 g/mol. The van der Waals surface area contributed by atoms with Crippen molar-refractivity contribution in [1.29, 1.82) is 0 Å². The van der Waals surface area contributed by atoms with E-state index in [4.69, 9.17) is 15.0 Å². The standard InChI is InChI=1S/C2H4O3.3Na.3H/c3-1-2(4)5;;;;;;/h3H,1H2,(H,4,5);;;;;;. The van der Waals surface area contributed by atoms with Gasteiger partial charge in [-0.1, -0.05) is 0 Å². The van der Waals surface area contributed by atoms with Crippen molar-refractivity contribution in [3.05, 3.63) is 0 Å². The molecule has 0 saturated carbocycles. The monoisotopic (exact) mass is 148 g/mol. The molecular weight excluding hydrogens is 141 g/mol. The molecule has 0 aliphatic rings. The summed E-state index contributed by atoms with van der Waals surface area (Å²) in [5, 5.41) is 15.0. The predicted molar refractivity (Wildman–Crippen MR) is 36.2 cm³/mol. The van der Waals surface area contributed by atoms with Gasteiger partial charge in [0.2, 0.25) is 0 Å². The molecule has 0 aromatic carbocycles. The van der Waals surface area contributed by atoms with Crippen LogP contribution in [0.15, 0.2) is 0 Å². The van der Waals surface area contributed by atoms with Crippen LogP contribution in [0.4, 0.5) is 0 Å². The third-order valence-corrected chi connectivity index (χ3v) is 0.135. The molecule has 36 valence electrons. The summed E-state index contributed by atoms with van der Waals surface area (Å²) in [5.41, 5.74) is 0. The Hall–Kier alpha value is 2.43. The predicted octanol–water partition coefficient (Wildman–Crippen LogP) is -2.88. The number of hydrogen-bond donors (Lipinski definition) is 2. The van der Waals surface area contributed by atoms with Gasteiger partial charge in [-0.25, -0.2) is 4.79 Å². The minimum absolute atomic E-state index is 0. The summed E-state index contributed by atoms with van der Waals surface area (Å²) in [5.74, 6) is -1.19. The first kappa shape index (κ1) is 22.4. The van der Waals surface area contributed by atoms with Gasteiger partial charge in [0.1, 0.15) is 6.61 Å². The van der Waals surface area contributed by atoms with Crippen LogP contribution in [0.1, 0.15) is 0 Å². The Morgan fingerprint density at radius 1 is 1.25 bits per heavy atom. The second-order valence-electron chi connectivity index (χ2n) is 0.552. The van der Waals surface area contributed by atoms with Crippen molar-refractivity contribution in [2.45, 2.75) is 0 Å². The quantitative estimate of drug-likeness (QED) is 0.392. The fraction of sp³-hybridized carbons (Fsp3) is 0.500. The first-order valence-electron chi connectivity index (χ1n) is 1.10. The summed E-state index contributed by atoms with van der Waals surface area (Å²) in [7, 11) is 0. The van der Waals surface area contributed by atoms with Crippen LogP contribution in [0.3, 0.4) is 0 Å². The van der Waals surface area contributed by atoms with Crippen molar-refractivity contribution in [2.75, 3.05) is 6.61 Å². The van der Waals surface area contributed by atoms with Gasteiger partial charge < -0.3 is 10.2 Å². The van der Waals surface area contributed by atoms with E-state index in [1.54, 1.807) is 0 Å². The Labute approximate surface area is 114 Å². The molecule has 0 saturated heterocycles. The second kappa shape index (κ2) is 16.2. The Kier molecular flexibility index (Phi) is 45.5. The van der Waals surface area contributed by atoms with E-state index in [1.165, 1.54) is 0 Å². The van der Waals surface area contributed by atoms with E-state index in [-0.39, 0.29) is 88.7 Å². The van der Waals surface area contributed by atoms with Crippen molar-refractivity contribution in [2.24, 2.45) is 0 Å². The molecule has 8 heavy (non-hydrogen) atoms. The summed E-state index contributed by atoms with van der Waals surface area (Å²) in [6.45, 7) is -0.778. The molecule has 0 aromatic rings. The van der Waals surface area contributed by atoms with E-state index >= 15 is 0 Å². The first-order valence-corrected chi connectivity index (χ1v) is 1.10. The van der Waals surface area contributed by atoms with E-state index in [9.17, 15) is 0 Å². The van der Waals surface area contributed by atoms with Crippen molar-refractivity contribution < 1.29 is 15.0 Å². The van der Waals surface area contributed by atoms with E-state index in [0.29, 0.717) is 0 Å². The van der Waals surface area contributed by atoms with Crippen LogP contribution in [0.25, 0.3) is 0 Å². The fourth-order valence-electron chi connectivity index (χ4n) is 0. The second-order valence-corrected chi connectivity index (χ2v) is 0.552. The van der Waals surface area contributed by atoms with Gasteiger partial charge in [-0.2, -0.15) is 0 Å². The van der Waals surface area contributed by atoms with E-state index in [1.807, 2.05) is 0 Å². The van der Waals surface area contributed by atoms with Gasteiger partial charge in [0, 0.05) is 0 Å². The Morgan fingerprint density at radius 3 is 1.38 bits per heavy atom. The van der Waals surface area contributed by atoms with Crippen LogP contribution in [0.5, 0.6) is 0 Å². The molecule has 0 rings (SSSR count). The number of carbonyl (C=O) groups is 1. The Balaban J connectivity index is -0.0000000267. The number of aliphatic hydroxyl groups excluding tert-OH is 1. The van der Waals surface area contributed by atoms with E-state index < -0.39 is 12.6 Å². The third-order valence-electron chi connectivity index (χ3n) is 0.135. The summed E-state index contributed by atoms with van der Waals surface area (Å²) in [6.07, 6.45) is 0. The van der Waals surface area contributed by atoms with Gasteiger partial charge in [0.15, 0.2) is 0 Å². The van der Waals surface area contributed by atoms with Crippen LogP contribution in [0.2, 0.25) is 0 Å². The maximum atomic E-state index is 9.12. The van der Waals surface area contributed by atoms with Crippen LogP contribution in [-0.4, -0.2) is 111 Å². The van der Waals surface area contributed by atoms with Crippen LogP contribution >= 0.6 is 0 Å². The summed E-state index contributed by atoms with van der Waals surface area (Å²) < 4.78 is 0. The summed E-state index contributed by atoms with van der Waals surface area (Å²) in [6, 6.07) is 0. The van der Waals surface area contributed by atoms with Crippen LogP contribution in [-0.2, 0) is 4.79 Å². The number of aliphatic hydroxyl groups is 1. The summed E-state index contributed by atoms with van der Waals surface area (Å²) >= 11 is 0. The third kappa shape index (κ3) is 23.7. The zero-order valence-corrected chi connectivity index (χ0v) is 2.51. The molecule has 0 radical (unpaired) electrons. The Morgan fingerprint density at radius 2 is 1.38 bits per heavy atom. The van der Waals surface area contributed by atoms with Crippen molar-refractivity contribution >= 4 is 94.6 Å². The molecule has 6 heteroatoms. The molecule has 2 N–H and O–H groups in total. The van der Waals surface area contributed by atoms with Gasteiger partial charge >= 0.3 is 94.6 Å². The number of carboxylic acids is 1. The molecule has 0 atom stereocenters. The van der Waals surface area contributed by atoms with E-state index in [0.717, 1.165) is 0 Å². The zero-order chi connectivity index (χ0) is 4.28. The zero-order valence-electron chi connectivity index (χ0n) is 2.51. The van der Waals surface area contributed by atoms with E-state index in [2.05, 4.69) is 0 Å². The molecule has 0 amide bonds. The first-order chi connectivity index (χ1) is 2.27. The van der Waals surface area contributed by atoms with Crippen LogP contribution in [0, 0.1) is 0 Å². The Bertz CT molecular complexity index is 47.8. The fourth-order valence-corrected chi connectivity index (χ4v) is 0. The molecule has 3 nitrogen and oxygen atoms in total. The molecule has 0 aliphatic carbocycles. The number of rotatable bonds is 1. The maximum absolute atomic E-state index is 9.12. The summed E-state index contributed by atoms with van der Waals surface area (Å²) in [4.78, 5) is 9.12.